The molecule has 4 nitrogen and oxygen atoms in total. The molecule has 1 fully saturated rings. The van der Waals surface area contributed by atoms with Crippen LogP contribution < -0.4 is 5.73 Å². The summed E-state index contributed by atoms with van der Waals surface area (Å²) < 4.78 is 5.79. The molecule has 0 aliphatic carbocycles. The normalized spacial score (nSPS) is 21.2. The monoisotopic (exact) mass is 284 g/mol. The van der Waals surface area contributed by atoms with E-state index in [-0.39, 0.29) is 12.0 Å². The molecular formula is C16H32N2O2. The topological polar surface area (TPSA) is 55.6 Å². The number of likely N-dealkylation sites (tertiary alicyclic amines) is 1. The van der Waals surface area contributed by atoms with Gasteiger partial charge in [0.15, 0.2) is 0 Å². The van der Waals surface area contributed by atoms with E-state index in [1.54, 1.807) is 0 Å². The van der Waals surface area contributed by atoms with Crippen LogP contribution in [0, 0.1) is 11.8 Å². The number of hydrogen-bond acceptors (Lipinski definition) is 3. The Bertz CT molecular complexity index is 282. The molecule has 1 aliphatic heterocycles. The van der Waals surface area contributed by atoms with Gasteiger partial charge in [-0.15, -0.1) is 0 Å². The number of amides is 1. The van der Waals surface area contributed by atoms with Crippen molar-refractivity contribution in [1.29, 1.82) is 0 Å². The Balaban J connectivity index is 2.41. The molecule has 0 aromatic carbocycles. The van der Waals surface area contributed by atoms with Gasteiger partial charge in [-0.3, -0.25) is 4.79 Å². The fourth-order valence-corrected chi connectivity index (χ4v) is 2.89. The van der Waals surface area contributed by atoms with Gasteiger partial charge in [0.2, 0.25) is 5.91 Å². The highest BCUT2D eigenvalue weighted by atomic mass is 16.5. The van der Waals surface area contributed by atoms with Gasteiger partial charge in [0, 0.05) is 26.1 Å². The Labute approximate surface area is 124 Å². The van der Waals surface area contributed by atoms with Gasteiger partial charge in [0.05, 0.1) is 6.10 Å². The largest absolute Gasteiger partial charge is 0.376 e. The summed E-state index contributed by atoms with van der Waals surface area (Å²) in [7, 11) is 0. The number of carbonyl (C=O) groups is 1. The second-order valence-electron chi connectivity index (χ2n) is 6.41. The molecule has 2 N–H and O–H groups in total. The van der Waals surface area contributed by atoms with Crippen molar-refractivity contribution in [1.82, 2.24) is 4.90 Å². The maximum Gasteiger partial charge on any atom is 0.222 e. The second kappa shape index (κ2) is 9.35. The first kappa shape index (κ1) is 17.4. The first-order valence-electron chi connectivity index (χ1n) is 8.16. The van der Waals surface area contributed by atoms with Crippen molar-refractivity contribution in [3.63, 3.8) is 0 Å². The first-order valence-corrected chi connectivity index (χ1v) is 8.16. The maximum absolute atomic E-state index is 12.4. The van der Waals surface area contributed by atoms with Crippen LogP contribution in [0.2, 0.25) is 0 Å². The lowest BCUT2D eigenvalue weighted by atomic mass is 9.93. The number of nitrogens with zero attached hydrogens (tertiary/aromatic N) is 1. The van der Waals surface area contributed by atoms with E-state index >= 15 is 0 Å². The Morgan fingerprint density at radius 2 is 2.20 bits per heavy atom. The van der Waals surface area contributed by atoms with Gasteiger partial charge in [0.25, 0.3) is 0 Å². The maximum atomic E-state index is 12.4. The van der Waals surface area contributed by atoms with Crippen molar-refractivity contribution >= 4 is 5.91 Å². The summed E-state index contributed by atoms with van der Waals surface area (Å²) in [6.07, 6.45) is 5.03. The smallest absolute Gasteiger partial charge is 0.222 e. The summed E-state index contributed by atoms with van der Waals surface area (Å²) in [5.41, 5.74) is 5.80. The third-order valence-electron chi connectivity index (χ3n) is 3.89. The lowest BCUT2D eigenvalue weighted by Crippen LogP contribution is -2.44. The molecular weight excluding hydrogens is 252 g/mol. The average Bonchev–Trinajstić information content (AvgIpc) is 2.44. The van der Waals surface area contributed by atoms with Crippen molar-refractivity contribution < 1.29 is 9.53 Å². The highest BCUT2D eigenvalue weighted by Crippen LogP contribution is 2.19. The minimum Gasteiger partial charge on any atom is -0.376 e. The van der Waals surface area contributed by atoms with Crippen LogP contribution in [0.5, 0.6) is 0 Å². The van der Waals surface area contributed by atoms with Gasteiger partial charge in [0.1, 0.15) is 0 Å². The minimum absolute atomic E-state index is 0.231. The zero-order chi connectivity index (χ0) is 15.0. The van der Waals surface area contributed by atoms with Crippen LogP contribution in [0.1, 0.15) is 52.9 Å². The second-order valence-corrected chi connectivity index (χ2v) is 6.41. The highest BCUT2D eigenvalue weighted by Gasteiger charge is 2.25. The number of rotatable bonds is 8. The zero-order valence-electron chi connectivity index (χ0n) is 13.4. The summed E-state index contributed by atoms with van der Waals surface area (Å²) in [6.45, 7) is 9.52. The van der Waals surface area contributed by atoms with Crippen molar-refractivity contribution in [2.45, 2.75) is 59.0 Å². The van der Waals surface area contributed by atoms with Gasteiger partial charge < -0.3 is 15.4 Å². The lowest BCUT2D eigenvalue weighted by molar-refractivity contribution is -0.136. The Morgan fingerprint density at radius 3 is 2.80 bits per heavy atom. The first-order chi connectivity index (χ1) is 9.56. The van der Waals surface area contributed by atoms with E-state index < -0.39 is 0 Å². The molecule has 0 aromatic rings. The number of ether oxygens (including phenoxy) is 1. The highest BCUT2D eigenvalue weighted by molar-refractivity contribution is 5.76. The van der Waals surface area contributed by atoms with Crippen LogP contribution in [0.4, 0.5) is 0 Å². The van der Waals surface area contributed by atoms with Crippen LogP contribution >= 0.6 is 0 Å². The molecule has 4 heteroatoms. The molecule has 0 bridgehead atoms. The van der Waals surface area contributed by atoms with Gasteiger partial charge in [-0.25, -0.2) is 0 Å². The standard InChI is InChI=1S/C16H32N2O2/c1-4-8-20-15-6-5-7-18(12-15)16(19)10-14(11-17)9-13(2)3/h13-15H,4-12,17H2,1-3H3. The molecule has 2 atom stereocenters. The molecule has 1 aliphatic rings. The Kier molecular flexibility index (Phi) is 8.15. The predicted molar refractivity (Wildman–Crippen MR) is 82.5 cm³/mol. The predicted octanol–water partition coefficient (Wildman–Crippen LogP) is 2.42. The average molecular weight is 284 g/mol. The molecule has 0 spiro atoms. The van der Waals surface area contributed by atoms with Crippen molar-refractivity contribution in [2.75, 3.05) is 26.2 Å². The van der Waals surface area contributed by atoms with Gasteiger partial charge >= 0.3 is 0 Å². The number of piperidine rings is 1. The summed E-state index contributed by atoms with van der Waals surface area (Å²) in [4.78, 5) is 14.4. The molecule has 1 amide bonds. The van der Waals surface area contributed by atoms with Gasteiger partial charge in [-0.2, -0.15) is 0 Å². The SMILES string of the molecule is CCCOC1CCCN(C(=O)CC(CN)CC(C)C)C1. The molecule has 2 unspecified atom stereocenters. The lowest BCUT2D eigenvalue weighted by Gasteiger charge is -2.33. The van der Waals surface area contributed by atoms with E-state index in [4.69, 9.17) is 10.5 Å². The molecule has 0 aromatic heterocycles. The van der Waals surface area contributed by atoms with Crippen molar-refractivity contribution in [3.05, 3.63) is 0 Å². The van der Waals surface area contributed by atoms with E-state index in [0.717, 1.165) is 45.4 Å². The van der Waals surface area contributed by atoms with Crippen molar-refractivity contribution in [2.24, 2.45) is 17.6 Å². The van der Waals surface area contributed by atoms with Gasteiger partial charge in [-0.1, -0.05) is 20.8 Å². The van der Waals surface area contributed by atoms with Crippen molar-refractivity contribution in [3.8, 4) is 0 Å². The van der Waals surface area contributed by atoms with Crippen LogP contribution in [-0.2, 0) is 9.53 Å². The van der Waals surface area contributed by atoms with E-state index in [2.05, 4.69) is 20.8 Å². The molecule has 118 valence electrons. The van der Waals surface area contributed by atoms with Crippen LogP contribution in [-0.4, -0.2) is 43.2 Å². The van der Waals surface area contributed by atoms with E-state index in [1.807, 2.05) is 4.90 Å². The summed E-state index contributed by atoms with van der Waals surface area (Å²) in [6, 6.07) is 0. The molecule has 1 heterocycles. The molecule has 1 rings (SSSR count). The van der Waals surface area contributed by atoms with E-state index in [9.17, 15) is 4.79 Å². The molecule has 0 radical (unpaired) electrons. The third kappa shape index (κ3) is 6.23. The summed E-state index contributed by atoms with van der Waals surface area (Å²) >= 11 is 0. The Hall–Kier alpha value is -0.610. The van der Waals surface area contributed by atoms with E-state index in [0.29, 0.717) is 24.8 Å². The Morgan fingerprint density at radius 1 is 1.45 bits per heavy atom. The van der Waals surface area contributed by atoms with Crippen LogP contribution in [0.15, 0.2) is 0 Å². The number of hydrogen-bond donors (Lipinski definition) is 1. The minimum atomic E-state index is 0.231. The quantitative estimate of drug-likeness (QED) is 0.744. The number of nitrogens with two attached hydrogens (primary N) is 1. The van der Waals surface area contributed by atoms with Gasteiger partial charge in [-0.05, 0) is 44.1 Å². The fourth-order valence-electron chi connectivity index (χ4n) is 2.89. The molecule has 0 saturated carbocycles. The number of carbonyl (C=O) groups excluding carboxylic acids is 1. The third-order valence-corrected chi connectivity index (χ3v) is 3.89. The van der Waals surface area contributed by atoms with Crippen LogP contribution in [0.3, 0.4) is 0 Å². The summed E-state index contributed by atoms with van der Waals surface area (Å²) in [5, 5.41) is 0. The fraction of sp³-hybridized carbons (Fsp3) is 0.938. The van der Waals surface area contributed by atoms with Crippen LogP contribution in [0.25, 0.3) is 0 Å². The summed E-state index contributed by atoms with van der Waals surface area (Å²) in [5.74, 6) is 1.17. The van der Waals surface area contributed by atoms with E-state index in [1.165, 1.54) is 0 Å². The zero-order valence-corrected chi connectivity index (χ0v) is 13.4. The molecule has 20 heavy (non-hydrogen) atoms. The molecule has 1 saturated heterocycles.